The van der Waals surface area contributed by atoms with E-state index in [1.54, 1.807) is 0 Å². The molecule has 7 nitrogen and oxygen atoms in total. The van der Waals surface area contributed by atoms with Crippen molar-refractivity contribution < 1.29 is 14.4 Å². The first kappa shape index (κ1) is 17.7. The second kappa shape index (κ2) is 7.29. The fraction of sp³-hybridized carbons (Fsp3) is 0.812. The monoisotopic (exact) mass is 324 g/mol. The van der Waals surface area contributed by atoms with Gasteiger partial charge in [-0.1, -0.05) is 32.3 Å². The van der Waals surface area contributed by atoms with E-state index in [1.165, 1.54) is 0 Å². The van der Waals surface area contributed by atoms with Crippen LogP contribution in [0.2, 0.25) is 0 Å². The van der Waals surface area contributed by atoms with Gasteiger partial charge in [0, 0.05) is 12.0 Å². The lowest BCUT2D eigenvalue weighted by Crippen LogP contribution is -2.40. The molecule has 23 heavy (non-hydrogen) atoms. The second-order valence-electron chi connectivity index (χ2n) is 7.47. The molecule has 0 aliphatic heterocycles. The third kappa shape index (κ3) is 5.20. The molecule has 3 N–H and O–H groups in total. The van der Waals surface area contributed by atoms with Crippen LogP contribution in [-0.4, -0.2) is 33.9 Å². The molecule has 1 aliphatic rings. The van der Waals surface area contributed by atoms with Crippen molar-refractivity contribution in [2.45, 2.75) is 70.9 Å². The molecule has 0 bridgehead atoms. The SMILES string of the molecule is CC(NC(=O)NCC1CCCC(O)C1)c1nc(C(C)(C)C)no1. The lowest BCUT2D eigenvalue weighted by molar-refractivity contribution is 0.101. The van der Waals surface area contributed by atoms with Crippen molar-refractivity contribution in [3.63, 3.8) is 0 Å². The van der Waals surface area contributed by atoms with Crippen LogP contribution >= 0.6 is 0 Å². The largest absolute Gasteiger partial charge is 0.393 e. The van der Waals surface area contributed by atoms with Crippen molar-refractivity contribution >= 4 is 6.03 Å². The molecule has 1 saturated carbocycles. The van der Waals surface area contributed by atoms with Crippen molar-refractivity contribution in [1.82, 2.24) is 20.8 Å². The molecule has 0 spiro atoms. The van der Waals surface area contributed by atoms with Gasteiger partial charge < -0.3 is 20.3 Å². The number of carbonyl (C=O) groups is 1. The molecule has 1 heterocycles. The van der Waals surface area contributed by atoms with Gasteiger partial charge in [-0.3, -0.25) is 0 Å². The van der Waals surface area contributed by atoms with Crippen molar-refractivity contribution in [3.8, 4) is 0 Å². The zero-order valence-electron chi connectivity index (χ0n) is 14.4. The predicted molar refractivity (Wildman–Crippen MR) is 85.9 cm³/mol. The average Bonchev–Trinajstić information content (AvgIpc) is 2.95. The topological polar surface area (TPSA) is 100 Å². The molecule has 1 aromatic rings. The molecule has 7 heteroatoms. The van der Waals surface area contributed by atoms with Gasteiger partial charge >= 0.3 is 6.03 Å². The molecule has 2 amide bonds. The smallest absolute Gasteiger partial charge is 0.315 e. The van der Waals surface area contributed by atoms with Gasteiger partial charge in [-0.15, -0.1) is 0 Å². The highest BCUT2D eigenvalue weighted by Crippen LogP contribution is 2.23. The Balaban J connectivity index is 1.79. The van der Waals surface area contributed by atoms with Crippen molar-refractivity contribution in [1.29, 1.82) is 0 Å². The zero-order valence-corrected chi connectivity index (χ0v) is 14.4. The van der Waals surface area contributed by atoms with Crippen LogP contribution in [0.25, 0.3) is 0 Å². The summed E-state index contributed by atoms with van der Waals surface area (Å²) in [5.41, 5.74) is -0.189. The summed E-state index contributed by atoms with van der Waals surface area (Å²) in [6.07, 6.45) is 3.46. The third-order valence-electron chi connectivity index (χ3n) is 4.14. The van der Waals surface area contributed by atoms with Crippen LogP contribution in [0.4, 0.5) is 4.79 Å². The number of aromatic nitrogens is 2. The zero-order chi connectivity index (χ0) is 17.0. The first-order valence-corrected chi connectivity index (χ1v) is 8.32. The summed E-state index contributed by atoms with van der Waals surface area (Å²) < 4.78 is 5.23. The van der Waals surface area contributed by atoms with E-state index in [4.69, 9.17) is 4.52 Å². The van der Waals surface area contributed by atoms with Crippen LogP contribution in [0, 0.1) is 5.92 Å². The van der Waals surface area contributed by atoms with Gasteiger partial charge in [-0.05, 0) is 32.1 Å². The number of rotatable bonds is 4. The van der Waals surface area contributed by atoms with E-state index in [2.05, 4.69) is 20.8 Å². The van der Waals surface area contributed by atoms with Gasteiger partial charge in [-0.2, -0.15) is 4.98 Å². The van der Waals surface area contributed by atoms with Crippen molar-refractivity contribution in [3.05, 3.63) is 11.7 Å². The molecule has 0 saturated heterocycles. The summed E-state index contributed by atoms with van der Waals surface area (Å²) in [5.74, 6) is 1.37. The molecule has 0 aromatic carbocycles. The fourth-order valence-corrected chi connectivity index (χ4v) is 2.71. The van der Waals surface area contributed by atoms with Gasteiger partial charge in [0.25, 0.3) is 0 Å². The van der Waals surface area contributed by atoms with Gasteiger partial charge in [0.2, 0.25) is 5.89 Å². The maximum Gasteiger partial charge on any atom is 0.315 e. The number of aliphatic hydroxyl groups excluding tert-OH is 1. The molecule has 1 aliphatic carbocycles. The van der Waals surface area contributed by atoms with E-state index >= 15 is 0 Å². The van der Waals surface area contributed by atoms with Gasteiger partial charge in [-0.25, -0.2) is 4.79 Å². The molecular weight excluding hydrogens is 296 g/mol. The van der Waals surface area contributed by atoms with Crippen LogP contribution in [0.15, 0.2) is 4.52 Å². The second-order valence-corrected chi connectivity index (χ2v) is 7.47. The minimum Gasteiger partial charge on any atom is -0.393 e. The highest BCUT2D eigenvalue weighted by atomic mass is 16.5. The molecular formula is C16H28N4O3. The summed E-state index contributed by atoms with van der Waals surface area (Å²) >= 11 is 0. The lowest BCUT2D eigenvalue weighted by atomic mass is 9.87. The van der Waals surface area contributed by atoms with Crippen LogP contribution in [0.3, 0.4) is 0 Å². The number of hydrogen-bond acceptors (Lipinski definition) is 5. The minimum atomic E-state index is -0.351. The van der Waals surface area contributed by atoms with E-state index in [9.17, 15) is 9.90 Å². The van der Waals surface area contributed by atoms with E-state index in [1.807, 2.05) is 27.7 Å². The number of amides is 2. The average molecular weight is 324 g/mol. The molecule has 1 aromatic heterocycles. The standard InChI is InChI=1S/C16H28N4O3/c1-10(13-19-14(20-23-13)16(2,3)4)18-15(22)17-9-11-6-5-7-12(21)8-11/h10-12,21H,5-9H2,1-4H3,(H2,17,18,22). The summed E-state index contributed by atoms with van der Waals surface area (Å²) in [6, 6.07) is -0.608. The highest BCUT2D eigenvalue weighted by Gasteiger charge is 2.24. The maximum atomic E-state index is 12.0. The number of hydrogen-bond donors (Lipinski definition) is 3. The Bertz CT molecular complexity index is 524. The van der Waals surface area contributed by atoms with E-state index in [0.717, 1.165) is 25.7 Å². The first-order chi connectivity index (χ1) is 10.8. The molecule has 2 rings (SSSR count). The number of nitrogens with one attached hydrogen (secondary N) is 2. The summed E-state index contributed by atoms with van der Waals surface area (Å²) in [6.45, 7) is 8.40. The summed E-state index contributed by atoms with van der Waals surface area (Å²) in [5, 5.41) is 19.3. The Hall–Kier alpha value is -1.63. The Kier molecular flexibility index (Phi) is 5.62. The van der Waals surface area contributed by atoms with Crippen LogP contribution in [0.5, 0.6) is 0 Å². The fourth-order valence-electron chi connectivity index (χ4n) is 2.71. The number of aliphatic hydroxyl groups is 1. The molecule has 0 radical (unpaired) electrons. The van der Waals surface area contributed by atoms with Gasteiger partial charge in [0.05, 0.1) is 6.10 Å². The predicted octanol–water partition coefficient (Wildman–Crippen LogP) is 2.28. The molecule has 3 unspecified atom stereocenters. The van der Waals surface area contributed by atoms with E-state index < -0.39 is 0 Å². The normalized spacial score (nSPS) is 23.3. The van der Waals surface area contributed by atoms with Crippen LogP contribution in [0.1, 0.15) is 71.1 Å². The minimum absolute atomic E-state index is 0.189. The highest BCUT2D eigenvalue weighted by molar-refractivity contribution is 5.74. The molecule has 130 valence electrons. The van der Waals surface area contributed by atoms with Gasteiger partial charge in [0.1, 0.15) is 6.04 Å². The summed E-state index contributed by atoms with van der Waals surface area (Å²) in [4.78, 5) is 16.3. The molecule has 1 fully saturated rings. The van der Waals surface area contributed by atoms with E-state index in [-0.39, 0.29) is 23.6 Å². The Labute approximate surface area is 137 Å². The Morgan fingerprint density at radius 2 is 2.17 bits per heavy atom. The van der Waals surface area contributed by atoms with Gasteiger partial charge in [0.15, 0.2) is 5.82 Å². The Morgan fingerprint density at radius 3 is 2.78 bits per heavy atom. The maximum absolute atomic E-state index is 12.0. The Morgan fingerprint density at radius 1 is 1.43 bits per heavy atom. The molecule has 3 atom stereocenters. The lowest BCUT2D eigenvalue weighted by Gasteiger charge is -2.26. The van der Waals surface area contributed by atoms with E-state index in [0.29, 0.717) is 24.2 Å². The van der Waals surface area contributed by atoms with Crippen LogP contribution < -0.4 is 10.6 Å². The van der Waals surface area contributed by atoms with Crippen molar-refractivity contribution in [2.75, 3.05) is 6.54 Å². The number of urea groups is 1. The number of carbonyl (C=O) groups excluding carboxylic acids is 1. The summed E-state index contributed by atoms with van der Waals surface area (Å²) in [7, 11) is 0. The first-order valence-electron chi connectivity index (χ1n) is 8.32. The quantitative estimate of drug-likeness (QED) is 0.789. The van der Waals surface area contributed by atoms with Crippen molar-refractivity contribution in [2.24, 2.45) is 5.92 Å². The van der Waals surface area contributed by atoms with Crippen LogP contribution in [-0.2, 0) is 5.41 Å². The third-order valence-corrected chi connectivity index (χ3v) is 4.14. The number of nitrogens with zero attached hydrogens (tertiary/aromatic N) is 2.